The van der Waals surface area contributed by atoms with Crippen LogP contribution in [0.5, 0.6) is 0 Å². The molecule has 5 heteroatoms. The normalized spacial score (nSPS) is 15.9. The lowest BCUT2D eigenvalue weighted by Crippen LogP contribution is -2.29. The van der Waals surface area contributed by atoms with Crippen LogP contribution in [0.15, 0.2) is 71.7 Å². The average Bonchev–Trinajstić information content (AvgIpc) is 3.29. The number of hydrogen-bond acceptors (Lipinski definition) is 2. The summed E-state index contributed by atoms with van der Waals surface area (Å²) in [7, 11) is 0. The van der Waals surface area contributed by atoms with E-state index in [1.165, 1.54) is 16.6 Å². The molecule has 2 aromatic carbocycles. The first-order chi connectivity index (χ1) is 13.8. The Bertz CT molecular complexity index is 1150. The second kappa shape index (κ2) is 7.08. The summed E-state index contributed by atoms with van der Waals surface area (Å²) in [5.41, 5.74) is 4.37. The Hall–Kier alpha value is -3.21. The molecule has 4 aromatic rings. The monoisotopic (exact) mass is 372 g/mol. The fourth-order valence-corrected chi connectivity index (χ4v) is 4.26. The van der Waals surface area contributed by atoms with Crippen LogP contribution < -0.4 is 5.69 Å². The van der Waals surface area contributed by atoms with Crippen molar-refractivity contribution in [3.05, 3.63) is 83.1 Å². The number of likely N-dealkylation sites (tertiary alicyclic amines) is 1. The van der Waals surface area contributed by atoms with Gasteiger partial charge in [0.15, 0.2) is 0 Å². The number of H-pyrrole nitrogens is 2. The Balaban J connectivity index is 1.22. The van der Waals surface area contributed by atoms with E-state index in [9.17, 15) is 4.79 Å². The number of rotatable bonds is 4. The largest absolute Gasteiger partial charge is 0.378 e. The molecule has 0 saturated carbocycles. The molecule has 0 atom stereocenters. The summed E-state index contributed by atoms with van der Waals surface area (Å²) in [5.74, 6) is 0.591. The van der Waals surface area contributed by atoms with Crippen molar-refractivity contribution >= 4 is 21.9 Å². The van der Waals surface area contributed by atoms with Gasteiger partial charge in [-0.05, 0) is 54.8 Å². The first-order valence-corrected chi connectivity index (χ1v) is 9.94. The van der Waals surface area contributed by atoms with Crippen LogP contribution in [0.25, 0.3) is 21.9 Å². The number of allylic oxidation sites excluding steroid dienone is 1. The number of nitrogens with zero attached hydrogens (tertiary/aromatic N) is 2. The predicted molar refractivity (Wildman–Crippen MR) is 114 cm³/mol. The Kier molecular flexibility index (Phi) is 4.28. The summed E-state index contributed by atoms with van der Waals surface area (Å²) in [6.45, 7) is 2.67. The van der Waals surface area contributed by atoms with E-state index >= 15 is 0 Å². The van der Waals surface area contributed by atoms with E-state index in [4.69, 9.17) is 0 Å². The number of aromatic nitrogens is 3. The molecule has 3 heterocycles. The van der Waals surface area contributed by atoms with Crippen molar-refractivity contribution in [1.29, 1.82) is 0 Å². The van der Waals surface area contributed by atoms with Crippen LogP contribution in [-0.4, -0.2) is 32.5 Å². The Morgan fingerprint density at radius 3 is 2.54 bits per heavy atom. The van der Waals surface area contributed by atoms with E-state index in [0.717, 1.165) is 37.0 Å². The van der Waals surface area contributed by atoms with Gasteiger partial charge in [0, 0.05) is 36.8 Å². The second-order valence-corrected chi connectivity index (χ2v) is 7.56. The summed E-state index contributed by atoms with van der Waals surface area (Å²) >= 11 is 0. The van der Waals surface area contributed by atoms with Crippen LogP contribution in [-0.2, 0) is 6.54 Å². The third-order valence-electron chi connectivity index (χ3n) is 5.81. The van der Waals surface area contributed by atoms with Crippen LogP contribution in [0, 0.1) is 0 Å². The molecule has 5 rings (SSSR count). The molecule has 0 amide bonds. The minimum absolute atomic E-state index is 0.0524. The number of para-hydroxylation sites is 3. The van der Waals surface area contributed by atoms with Gasteiger partial charge < -0.3 is 14.9 Å². The Labute approximate surface area is 163 Å². The zero-order valence-electron chi connectivity index (χ0n) is 15.8. The lowest BCUT2D eigenvalue weighted by molar-refractivity contribution is 0.281. The van der Waals surface area contributed by atoms with E-state index in [-0.39, 0.29) is 5.69 Å². The Morgan fingerprint density at radius 2 is 1.71 bits per heavy atom. The molecule has 5 nitrogen and oxygen atoms in total. The number of nitrogens with one attached hydrogen (secondary N) is 2. The summed E-state index contributed by atoms with van der Waals surface area (Å²) in [4.78, 5) is 21.0. The van der Waals surface area contributed by atoms with Gasteiger partial charge in [-0.2, -0.15) is 0 Å². The highest BCUT2D eigenvalue weighted by Gasteiger charge is 2.20. The molecule has 1 fully saturated rings. The SMILES string of the molecule is O=c1[nH]c2ccccc2n1CC=CN1CCC(c2cc3ccccc3[nH]2)CC1. The molecule has 1 aliphatic rings. The minimum Gasteiger partial charge on any atom is -0.378 e. The lowest BCUT2D eigenvalue weighted by Gasteiger charge is -2.30. The van der Waals surface area contributed by atoms with Crippen molar-refractivity contribution in [1.82, 2.24) is 19.4 Å². The van der Waals surface area contributed by atoms with Crippen LogP contribution in [0.4, 0.5) is 0 Å². The van der Waals surface area contributed by atoms with Gasteiger partial charge >= 0.3 is 5.69 Å². The first-order valence-electron chi connectivity index (χ1n) is 9.94. The van der Waals surface area contributed by atoms with Crippen molar-refractivity contribution in [2.45, 2.75) is 25.3 Å². The fourth-order valence-electron chi connectivity index (χ4n) is 4.26. The molecule has 2 N–H and O–H groups in total. The van der Waals surface area contributed by atoms with Crippen LogP contribution >= 0.6 is 0 Å². The average molecular weight is 372 g/mol. The number of aromatic amines is 2. The third kappa shape index (κ3) is 3.13. The summed E-state index contributed by atoms with van der Waals surface area (Å²) in [6, 6.07) is 18.6. The molecule has 2 aromatic heterocycles. The zero-order valence-corrected chi connectivity index (χ0v) is 15.8. The zero-order chi connectivity index (χ0) is 18.9. The van der Waals surface area contributed by atoms with Gasteiger partial charge in [-0.15, -0.1) is 0 Å². The van der Waals surface area contributed by atoms with Crippen molar-refractivity contribution in [2.75, 3.05) is 13.1 Å². The maximum Gasteiger partial charge on any atom is 0.326 e. The van der Waals surface area contributed by atoms with Gasteiger partial charge in [0.25, 0.3) is 0 Å². The molecule has 0 spiro atoms. The van der Waals surface area contributed by atoms with Gasteiger partial charge in [0.2, 0.25) is 0 Å². The standard InChI is InChI=1S/C23H24N4O/c28-23-25-20-8-3-4-9-22(20)27(23)13-5-12-26-14-10-17(11-15-26)21-16-18-6-1-2-7-19(18)24-21/h1-9,12,16-17,24H,10-11,13-15H2,(H,25,28). The number of fused-ring (bicyclic) bond motifs is 2. The first kappa shape index (κ1) is 16.9. The third-order valence-corrected chi connectivity index (χ3v) is 5.81. The van der Waals surface area contributed by atoms with Gasteiger partial charge in [-0.3, -0.25) is 4.57 Å². The minimum atomic E-state index is -0.0524. The molecular weight excluding hydrogens is 348 g/mol. The maximum atomic E-state index is 12.2. The molecule has 0 radical (unpaired) electrons. The highest BCUT2D eigenvalue weighted by molar-refractivity contribution is 5.80. The molecule has 0 unspecified atom stereocenters. The summed E-state index contributed by atoms with van der Waals surface area (Å²) in [5, 5.41) is 1.30. The molecule has 28 heavy (non-hydrogen) atoms. The van der Waals surface area contributed by atoms with Gasteiger partial charge in [-0.1, -0.05) is 30.3 Å². The predicted octanol–water partition coefficient (Wildman–Crippen LogP) is 4.20. The van der Waals surface area contributed by atoms with E-state index in [1.54, 1.807) is 4.57 Å². The lowest BCUT2D eigenvalue weighted by atomic mass is 9.94. The van der Waals surface area contributed by atoms with E-state index in [0.29, 0.717) is 12.5 Å². The fraction of sp³-hybridized carbons (Fsp3) is 0.261. The molecule has 0 bridgehead atoms. The second-order valence-electron chi connectivity index (χ2n) is 7.56. The Morgan fingerprint density at radius 1 is 0.964 bits per heavy atom. The van der Waals surface area contributed by atoms with Crippen LogP contribution in [0.1, 0.15) is 24.5 Å². The molecule has 142 valence electrons. The maximum absolute atomic E-state index is 12.2. The van der Waals surface area contributed by atoms with E-state index < -0.39 is 0 Å². The van der Waals surface area contributed by atoms with E-state index in [1.807, 2.05) is 24.3 Å². The smallest absolute Gasteiger partial charge is 0.326 e. The number of benzene rings is 2. The van der Waals surface area contributed by atoms with Crippen molar-refractivity contribution < 1.29 is 0 Å². The molecule has 0 aliphatic carbocycles. The van der Waals surface area contributed by atoms with Gasteiger partial charge in [-0.25, -0.2) is 4.79 Å². The summed E-state index contributed by atoms with van der Waals surface area (Å²) in [6.07, 6.45) is 6.52. The summed E-state index contributed by atoms with van der Waals surface area (Å²) < 4.78 is 1.78. The van der Waals surface area contributed by atoms with Crippen molar-refractivity contribution in [3.8, 4) is 0 Å². The highest BCUT2D eigenvalue weighted by atomic mass is 16.1. The van der Waals surface area contributed by atoms with E-state index in [2.05, 4.69) is 57.5 Å². The topological polar surface area (TPSA) is 56.8 Å². The number of piperidine rings is 1. The quantitative estimate of drug-likeness (QED) is 0.564. The van der Waals surface area contributed by atoms with Crippen molar-refractivity contribution in [3.63, 3.8) is 0 Å². The molecular formula is C23H24N4O. The van der Waals surface area contributed by atoms with Crippen LogP contribution in [0.3, 0.4) is 0 Å². The molecule has 1 saturated heterocycles. The number of hydrogen-bond donors (Lipinski definition) is 2. The van der Waals surface area contributed by atoms with Crippen molar-refractivity contribution in [2.24, 2.45) is 0 Å². The number of imidazole rings is 1. The van der Waals surface area contributed by atoms with Gasteiger partial charge in [0.1, 0.15) is 0 Å². The van der Waals surface area contributed by atoms with Gasteiger partial charge in [0.05, 0.1) is 11.0 Å². The van der Waals surface area contributed by atoms with Crippen LogP contribution in [0.2, 0.25) is 0 Å². The molecule has 1 aliphatic heterocycles. The highest BCUT2D eigenvalue weighted by Crippen LogP contribution is 2.29.